The second-order valence-electron chi connectivity index (χ2n) is 10.0. The van der Waals surface area contributed by atoms with Gasteiger partial charge in [0.15, 0.2) is 0 Å². The number of aromatic nitrogens is 1. The second kappa shape index (κ2) is 8.51. The molecule has 0 aliphatic heterocycles. The van der Waals surface area contributed by atoms with Gasteiger partial charge in [-0.05, 0) is 46.2 Å². The first-order chi connectivity index (χ1) is 14.4. The van der Waals surface area contributed by atoms with Gasteiger partial charge in [0, 0.05) is 29.7 Å². The maximum Gasteiger partial charge on any atom is 0.261 e. The van der Waals surface area contributed by atoms with Gasteiger partial charge in [0.1, 0.15) is 5.56 Å². The largest absolute Gasteiger partial charge is 0.345 e. The molecule has 3 aromatic rings. The van der Waals surface area contributed by atoms with Crippen LogP contribution in [-0.2, 0) is 17.4 Å². The van der Waals surface area contributed by atoms with Gasteiger partial charge in [-0.2, -0.15) is 0 Å². The Morgan fingerprint density at radius 2 is 1.52 bits per heavy atom. The van der Waals surface area contributed by atoms with Crippen LogP contribution in [0.2, 0.25) is 0 Å². The zero-order valence-electron chi connectivity index (χ0n) is 19.2. The fraction of sp³-hybridized carbons (Fsp3) is 0.385. The lowest BCUT2D eigenvalue weighted by molar-refractivity contribution is 0.102. The van der Waals surface area contributed by atoms with Crippen LogP contribution in [0.25, 0.3) is 10.9 Å². The van der Waals surface area contributed by atoms with Crippen molar-refractivity contribution in [3.63, 3.8) is 0 Å². The Balaban J connectivity index is 2.05. The molecule has 0 saturated heterocycles. The third kappa shape index (κ3) is 5.01. The summed E-state index contributed by atoms with van der Waals surface area (Å²) in [5, 5.41) is 3.41. The van der Waals surface area contributed by atoms with E-state index < -0.39 is 5.91 Å². The van der Waals surface area contributed by atoms with Gasteiger partial charge >= 0.3 is 0 Å². The predicted octanol–water partition coefficient (Wildman–Crippen LogP) is 6.09. The fourth-order valence-corrected chi connectivity index (χ4v) is 3.74. The number of fused-ring (bicyclic) bond motifs is 1. The molecule has 0 spiro atoms. The Labute approximate surface area is 189 Å². The molecule has 0 bridgehead atoms. The normalized spacial score (nSPS) is 12.2. The van der Waals surface area contributed by atoms with Crippen LogP contribution in [-0.4, -0.2) is 16.4 Å². The number of hydrogen-bond acceptors (Lipinski definition) is 2. The van der Waals surface area contributed by atoms with Crippen LogP contribution in [0, 0.1) is 0 Å². The highest BCUT2D eigenvalue weighted by Crippen LogP contribution is 2.26. The van der Waals surface area contributed by atoms with E-state index in [-0.39, 0.29) is 21.8 Å². The summed E-state index contributed by atoms with van der Waals surface area (Å²) in [5.41, 5.74) is 3.43. The Bertz CT molecular complexity index is 1160. The molecule has 0 atom stereocenters. The van der Waals surface area contributed by atoms with Crippen molar-refractivity contribution < 1.29 is 4.79 Å². The van der Waals surface area contributed by atoms with Crippen LogP contribution in [0.1, 0.15) is 63.0 Å². The molecule has 2 aromatic carbocycles. The van der Waals surface area contributed by atoms with E-state index in [0.717, 1.165) is 11.1 Å². The van der Waals surface area contributed by atoms with Gasteiger partial charge in [-0.3, -0.25) is 9.59 Å². The summed E-state index contributed by atoms with van der Waals surface area (Å²) in [4.78, 5) is 26.3. The first-order valence-corrected chi connectivity index (χ1v) is 11.1. The van der Waals surface area contributed by atoms with Crippen LogP contribution in [0.15, 0.2) is 53.5 Å². The lowest BCUT2D eigenvalue weighted by Crippen LogP contribution is -2.25. The molecule has 1 heterocycles. The third-order valence-corrected chi connectivity index (χ3v) is 5.69. The number of halogens is 1. The molecule has 4 nitrogen and oxygen atoms in total. The van der Waals surface area contributed by atoms with E-state index in [1.807, 2.05) is 47.0 Å². The number of alkyl halides is 1. The minimum Gasteiger partial charge on any atom is -0.345 e. The van der Waals surface area contributed by atoms with E-state index in [1.165, 1.54) is 5.56 Å². The molecule has 0 unspecified atom stereocenters. The molecule has 0 fully saturated rings. The number of aryl methyl sites for hydroxylation is 1. The third-order valence-electron chi connectivity index (χ3n) is 5.53. The lowest BCUT2D eigenvalue weighted by Gasteiger charge is -2.21. The smallest absolute Gasteiger partial charge is 0.261 e. The van der Waals surface area contributed by atoms with Crippen molar-refractivity contribution in [3.8, 4) is 0 Å². The number of pyridine rings is 1. The van der Waals surface area contributed by atoms with Gasteiger partial charge in [0.2, 0.25) is 5.43 Å². The first kappa shape index (κ1) is 23.1. The molecular formula is C26H31ClN2O2. The zero-order valence-corrected chi connectivity index (χ0v) is 19.9. The van der Waals surface area contributed by atoms with Crippen LogP contribution in [0.3, 0.4) is 0 Å². The molecular weight excluding hydrogens is 408 g/mol. The summed E-state index contributed by atoms with van der Waals surface area (Å²) in [6.45, 7) is 13.2. The van der Waals surface area contributed by atoms with E-state index in [4.69, 9.17) is 11.6 Å². The fourth-order valence-electron chi connectivity index (χ4n) is 3.55. The summed E-state index contributed by atoms with van der Waals surface area (Å²) >= 11 is 5.99. The van der Waals surface area contributed by atoms with Crippen molar-refractivity contribution >= 4 is 34.1 Å². The summed E-state index contributed by atoms with van der Waals surface area (Å²) in [6, 6.07) is 13.6. The van der Waals surface area contributed by atoms with Crippen molar-refractivity contribution in [3.05, 3.63) is 75.6 Å². The number of rotatable bonds is 4. The molecule has 1 N–H and O–H groups in total. The number of amides is 1. The Kier molecular flexibility index (Phi) is 6.33. The zero-order chi connectivity index (χ0) is 23.0. The number of hydrogen-bond donors (Lipinski definition) is 1. The average molecular weight is 439 g/mol. The SMILES string of the molecule is CC(C)(C)c1ccc(NC(=O)c2cn(CCCl)c3ccc(C(C)(C)C)cc3c2=O)cc1. The van der Waals surface area contributed by atoms with E-state index in [1.54, 1.807) is 6.20 Å². The predicted molar refractivity (Wildman–Crippen MR) is 131 cm³/mol. The van der Waals surface area contributed by atoms with Crippen molar-refractivity contribution in [1.82, 2.24) is 4.57 Å². The maximum atomic E-state index is 13.3. The van der Waals surface area contributed by atoms with Crippen LogP contribution >= 0.6 is 11.6 Å². The van der Waals surface area contributed by atoms with Gasteiger partial charge in [-0.15, -0.1) is 11.6 Å². The Hall–Kier alpha value is -2.59. The van der Waals surface area contributed by atoms with Crippen molar-refractivity contribution in [2.75, 3.05) is 11.2 Å². The highest BCUT2D eigenvalue weighted by Gasteiger charge is 2.20. The topological polar surface area (TPSA) is 51.1 Å². The standard InChI is InChI=1S/C26H31ClN2O2/c1-25(2,3)17-7-10-19(11-8-17)28-24(31)21-16-29(14-13-27)22-12-9-18(26(4,5)6)15-20(22)23(21)30/h7-12,15-16H,13-14H2,1-6H3,(H,28,31). The van der Waals surface area contributed by atoms with E-state index in [9.17, 15) is 9.59 Å². The summed E-state index contributed by atoms with van der Waals surface area (Å²) < 4.78 is 1.88. The number of nitrogens with one attached hydrogen (secondary N) is 1. The molecule has 31 heavy (non-hydrogen) atoms. The van der Waals surface area contributed by atoms with Crippen LogP contribution < -0.4 is 10.7 Å². The first-order valence-electron chi connectivity index (χ1n) is 10.6. The van der Waals surface area contributed by atoms with Gasteiger partial charge in [0.05, 0.1) is 5.52 Å². The number of carbonyl (C=O) groups excluding carboxylic acids is 1. The van der Waals surface area contributed by atoms with Crippen molar-refractivity contribution in [2.24, 2.45) is 0 Å². The summed E-state index contributed by atoms with van der Waals surface area (Å²) in [7, 11) is 0. The maximum absolute atomic E-state index is 13.3. The minimum atomic E-state index is -0.417. The van der Waals surface area contributed by atoms with Gasteiger partial charge in [-0.1, -0.05) is 59.7 Å². The van der Waals surface area contributed by atoms with E-state index >= 15 is 0 Å². The number of nitrogens with zero attached hydrogens (tertiary/aromatic N) is 1. The molecule has 1 aromatic heterocycles. The number of carbonyl (C=O) groups is 1. The highest BCUT2D eigenvalue weighted by atomic mass is 35.5. The minimum absolute atomic E-state index is 0.0287. The van der Waals surface area contributed by atoms with Crippen molar-refractivity contribution in [2.45, 2.75) is 58.9 Å². The molecule has 1 amide bonds. The molecule has 3 rings (SSSR count). The van der Waals surface area contributed by atoms with Gasteiger partial charge in [0.25, 0.3) is 5.91 Å². The molecule has 0 aliphatic rings. The van der Waals surface area contributed by atoms with Crippen molar-refractivity contribution in [1.29, 1.82) is 0 Å². The monoisotopic (exact) mass is 438 g/mol. The van der Waals surface area contributed by atoms with E-state index in [2.05, 4.69) is 46.9 Å². The summed E-state index contributed by atoms with van der Waals surface area (Å²) in [6.07, 6.45) is 1.61. The van der Waals surface area contributed by atoms with Crippen LogP contribution in [0.4, 0.5) is 5.69 Å². The molecule has 0 aliphatic carbocycles. The quantitative estimate of drug-likeness (QED) is 0.501. The summed E-state index contributed by atoms with van der Waals surface area (Å²) in [5.74, 6) is -0.0335. The van der Waals surface area contributed by atoms with E-state index in [0.29, 0.717) is 23.5 Å². The number of anilines is 1. The highest BCUT2D eigenvalue weighted by molar-refractivity contribution is 6.17. The second-order valence-corrected chi connectivity index (χ2v) is 10.4. The average Bonchev–Trinajstić information content (AvgIpc) is 2.69. The lowest BCUT2D eigenvalue weighted by atomic mass is 9.86. The van der Waals surface area contributed by atoms with Crippen LogP contribution in [0.5, 0.6) is 0 Å². The molecule has 164 valence electrons. The Morgan fingerprint density at radius 1 is 0.935 bits per heavy atom. The molecule has 0 saturated carbocycles. The Morgan fingerprint density at radius 3 is 2.06 bits per heavy atom. The van der Waals surface area contributed by atoms with Gasteiger partial charge in [-0.25, -0.2) is 0 Å². The molecule has 5 heteroatoms. The molecule has 0 radical (unpaired) electrons. The number of benzene rings is 2. The van der Waals surface area contributed by atoms with Gasteiger partial charge < -0.3 is 9.88 Å².